The molecule has 0 fully saturated rings. The molecule has 3 rings (SSSR count). The van der Waals surface area contributed by atoms with Gasteiger partial charge in [0.15, 0.2) is 0 Å². The molecule has 7 heteroatoms. The van der Waals surface area contributed by atoms with Crippen LogP contribution in [0.25, 0.3) is 23.0 Å². The van der Waals surface area contributed by atoms with Crippen molar-refractivity contribution in [1.82, 2.24) is 15.1 Å². The minimum atomic E-state index is 0.390. The van der Waals surface area contributed by atoms with E-state index in [-0.39, 0.29) is 0 Å². The summed E-state index contributed by atoms with van der Waals surface area (Å²) >= 11 is 1.47. The van der Waals surface area contributed by atoms with Gasteiger partial charge in [-0.1, -0.05) is 5.16 Å². The van der Waals surface area contributed by atoms with Crippen molar-refractivity contribution < 1.29 is 8.94 Å². The molecular weight excluding hydrogens is 252 g/mol. The quantitative estimate of drug-likeness (QED) is 0.778. The van der Waals surface area contributed by atoms with E-state index < -0.39 is 0 Å². The lowest BCUT2D eigenvalue weighted by Crippen LogP contribution is -1.94. The van der Waals surface area contributed by atoms with E-state index in [0.29, 0.717) is 24.0 Å². The fourth-order valence-electron chi connectivity index (χ4n) is 1.56. The monoisotopic (exact) mass is 262 g/mol. The van der Waals surface area contributed by atoms with E-state index in [2.05, 4.69) is 15.1 Å². The molecule has 3 aromatic heterocycles. The first kappa shape index (κ1) is 11.1. The summed E-state index contributed by atoms with van der Waals surface area (Å²) in [5.41, 5.74) is 6.98. The van der Waals surface area contributed by atoms with Crippen molar-refractivity contribution in [2.75, 3.05) is 0 Å². The van der Waals surface area contributed by atoms with Crippen molar-refractivity contribution >= 4 is 11.3 Å². The average Bonchev–Trinajstić information content (AvgIpc) is 3.07. The van der Waals surface area contributed by atoms with E-state index in [9.17, 15) is 0 Å². The van der Waals surface area contributed by atoms with Crippen LogP contribution >= 0.6 is 11.3 Å². The Morgan fingerprint density at radius 3 is 2.94 bits per heavy atom. The Morgan fingerprint density at radius 2 is 2.28 bits per heavy atom. The lowest BCUT2D eigenvalue weighted by atomic mass is 10.2. The highest BCUT2D eigenvalue weighted by molar-refractivity contribution is 7.09. The van der Waals surface area contributed by atoms with Crippen molar-refractivity contribution in [1.29, 1.82) is 0 Å². The number of aromatic nitrogens is 3. The summed E-state index contributed by atoms with van der Waals surface area (Å²) in [7, 11) is 0. The Kier molecular flexibility index (Phi) is 2.69. The van der Waals surface area contributed by atoms with Crippen molar-refractivity contribution in [3.63, 3.8) is 0 Å². The number of aryl methyl sites for hydroxylation is 1. The van der Waals surface area contributed by atoms with Gasteiger partial charge in [-0.25, -0.2) is 4.98 Å². The Morgan fingerprint density at radius 1 is 1.39 bits per heavy atom. The highest BCUT2D eigenvalue weighted by Gasteiger charge is 2.15. The van der Waals surface area contributed by atoms with Crippen LogP contribution in [0.3, 0.4) is 0 Å². The predicted molar refractivity (Wildman–Crippen MR) is 65.7 cm³/mol. The maximum atomic E-state index is 5.51. The van der Waals surface area contributed by atoms with E-state index >= 15 is 0 Å². The lowest BCUT2D eigenvalue weighted by Gasteiger charge is -1.87. The zero-order valence-corrected chi connectivity index (χ0v) is 10.4. The second-order valence-corrected chi connectivity index (χ2v) is 4.59. The fourth-order valence-corrected chi connectivity index (χ4v) is 2.21. The van der Waals surface area contributed by atoms with Crippen LogP contribution in [0.2, 0.25) is 0 Å². The van der Waals surface area contributed by atoms with Gasteiger partial charge in [0.25, 0.3) is 5.89 Å². The van der Waals surface area contributed by atoms with Gasteiger partial charge >= 0.3 is 0 Å². The van der Waals surface area contributed by atoms with Crippen LogP contribution in [0.5, 0.6) is 0 Å². The Labute approximate surface area is 106 Å². The SMILES string of the molecule is Cc1occc1-c1noc(-c2csc(CN)n2)n1. The molecule has 3 heterocycles. The van der Waals surface area contributed by atoms with E-state index in [1.807, 2.05) is 12.3 Å². The number of nitrogens with zero attached hydrogens (tertiary/aromatic N) is 3. The minimum absolute atomic E-state index is 0.390. The Bertz CT molecular complexity index is 670. The van der Waals surface area contributed by atoms with Crippen molar-refractivity contribution in [2.45, 2.75) is 13.5 Å². The summed E-state index contributed by atoms with van der Waals surface area (Å²) < 4.78 is 10.4. The molecule has 0 spiro atoms. The standard InChI is InChI=1S/C11H10N4O2S/c1-6-7(2-3-16-6)10-14-11(17-15-10)8-5-18-9(4-12)13-8/h2-3,5H,4,12H2,1H3. The molecule has 0 saturated carbocycles. The topological polar surface area (TPSA) is 91.0 Å². The van der Waals surface area contributed by atoms with Crippen LogP contribution in [0, 0.1) is 6.92 Å². The molecule has 0 aromatic carbocycles. The molecule has 6 nitrogen and oxygen atoms in total. The number of hydrogen-bond acceptors (Lipinski definition) is 7. The second kappa shape index (κ2) is 4.35. The van der Waals surface area contributed by atoms with Gasteiger partial charge < -0.3 is 14.7 Å². The van der Waals surface area contributed by atoms with Gasteiger partial charge in [-0.05, 0) is 13.0 Å². The molecule has 0 atom stereocenters. The van der Waals surface area contributed by atoms with Crippen molar-refractivity contribution in [3.05, 3.63) is 28.5 Å². The van der Waals surface area contributed by atoms with E-state index in [0.717, 1.165) is 16.3 Å². The van der Waals surface area contributed by atoms with E-state index in [1.54, 1.807) is 12.3 Å². The minimum Gasteiger partial charge on any atom is -0.469 e. The largest absolute Gasteiger partial charge is 0.469 e. The first-order valence-electron chi connectivity index (χ1n) is 5.31. The highest BCUT2D eigenvalue weighted by atomic mass is 32.1. The lowest BCUT2D eigenvalue weighted by molar-refractivity contribution is 0.431. The molecule has 3 aromatic rings. The molecule has 0 aliphatic carbocycles. The third kappa shape index (κ3) is 1.83. The molecule has 0 aliphatic heterocycles. The van der Waals surface area contributed by atoms with Crippen LogP contribution in [-0.2, 0) is 6.54 Å². The zero-order chi connectivity index (χ0) is 12.5. The molecular formula is C11H10N4O2S. The summed E-state index contributed by atoms with van der Waals surface area (Å²) in [5.74, 6) is 1.64. The van der Waals surface area contributed by atoms with Gasteiger partial charge in [0.1, 0.15) is 16.5 Å². The van der Waals surface area contributed by atoms with Gasteiger partial charge in [-0.15, -0.1) is 11.3 Å². The summed E-state index contributed by atoms with van der Waals surface area (Å²) in [6.45, 7) is 2.26. The summed E-state index contributed by atoms with van der Waals surface area (Å²) in [4.78, 5) is 8.59. The molecule has 18 heavy (non-hydrogen) atoms. The van der Waals surface area contributed by atoms with Crippen molar-refractivity contribution in [3.8, 4) is 23.0 Å². The number of thiazole rings is 1. The first-order chi connectivity index (χ1) is 8.78. The highest BCUT2D eigenvalue weighted by Crippen LogP contribution is 2.25. The molecule has 0 amide bonds. The predicted octanol–water partition coefficient (Wildman–Crippen LogP) is 2.22. The van der Waals surface area contributed by atoms with Crippen LogP contribution in [0.4, 0.5) is 0 Å². The van der Waals surface area contributed by atoms with Crippen LogP contribution in [0.15, 0.2) is 26.6 Å². The molecule has 0 aliphatic rings. The number of nitrogens with two attached hydrogens (primary N) is 1. The molecule has 0 saturated heterocycles. The zero-order valence-electron chi connectivity index (χ0n) is 9.58. The smallest absolute Gasteiger partial charge is 0.277 e. The van der Waals surface area contributed by atoms with E-state index in [1.165, 1.54) is 11.3 Å². The van der Waals surface area contributed by atoms with Crippen LogP contribution in [0.1, 0.15) is 10.8 Å². The van der Waals surface area contributed by atoms with E-state index in [4.69, 9.17) is 14.7 Å². The summed E-state index contributed by atoms with van der Waals surface area (Å²) in [6.07, 6.45) is 1.59. The number of rotatable bonds is 3. The fraction of sp³-hybridized carbons (Fsp3) is 0.182. The Balaban J connectivity index is 1.96. The third-order valence-electron chi connectivity index (χ3n) is 2.47. The van der Waals surface area contributed by atoms with Gasteiger partial charge in [-0.2, -0.15) is 4.98 Å². The second-order valence-electron chi connectivity index (χ2n) is 3.64. The average molecular weight is 262 g/mol. The molecule has 0 bridgehead atoms. The van der Waals surface area contributed by atoms with Crippen LogP contribution < -0.4 is 5.73 Å². The molecule has 0 unspecified atom stereocenters. The van der Waals surface area contributed by atoms with Crippen molar-refractivity contribution in [2.24, 2.45) is 5.73 Å². The van der Waals surface area contributed by atoms with Crippen LogP contribution in [-0.4, -0.2) is 15.1 Å². The normalized spacial score (nSPS) is 11.0. The molecule has 92 valence electrons. The summed E-state index contributed by atoms with van der Waals surface area (Å²) in [6, 6.07) is 1.80. The maximum Gasteiger partial charge on any atom is 0.277 e. The van der Waals surface area contributed by atoms with Gasteiger partial charge in [0.05, 0.1) is 11.8 Å². The molecule has 0 radical (unpaired) electrons. The molecule has 2 N–H and O–H groups in total. The Hall–Kier alpha value is -1.99. The van der Waals surface area contributed by atoms with Gasteiger partial charge in [0, 0.05) is 11.9 Å². The van der Waals surface area contributed by atoms with Gasteiger partial charge in [-0.3, -0.25) is 0 Å². The third-order valence-corrected chi connectivity index (χ3v) is 3.34. The van der Waals surface area contributed by atoms with Gasteiger partial charge in [0.2, 0.25) is 5.82 Å². The first-order valence-corrected chi connectivity index (χ1v) is 6.19. The number of furan rings is 1. The summed E-state index contributed by atoms with van der Waals surface area (Å²) in [5, 5.41) is 6.60. The maximum absolute atomic E-state index is 5.51. The number of hydrogen-bond donors (Lipinski definition) is 1.